The summed E-state index contributed by atoms with van der Waals surface area (Å²) in [5.74, 6) is -0.884. The minimum absolute atomic E-state index is 0.0823. The molecule has 0 N–H and O–H groups in total. The van der Waals surface area contributed by atoms with Gasteiger partial charge in [-0.05, 0) is 122 Å². The molecule has 6 nitrogen and oxygen atoms in total. The first-order valence-corrected chi connectivity index (χ1v) is 34.7. The zero-order valence-electron chi connectivity index (χ0n) is 53.5. The second-order valence-corrected chi connectivity index (χ2v) is 23.1. The van der Waals surface area contributed by atoms with Gasteiger partial charge in [0.2, 0.25) is 0 Å². The van der Waals surface area contributed by atoms with Crippen molar-refractivity contribution in [1.29, 1.82) is 0 Å². The third kappa shape index (κ3) is 67.0. The lowest BCUT2D eigenvalue weighted by molar-refractivity contribution is -0.167. The lowest BCUT2D eigenvalue weighted by Crippen LogP contribution is -2.30. The highest BCUT2D eigenvalue weighted by Crippen LogP contribution is 2.16. The maximum Gasteiger partial charge on any atom is 0.306 e. The van der Waals surface area contributed by atoms with Crippen LogP contribution >= 0.6 is 0 Å². The van der Waals surface area contributed by atoms with Crippen LogP contribution in [0.1, 0.15) is 342 Å². The van der Waals surface area contributed by atoms with Crippen LogP contribution < -0.4 is 0 Å². The summed E-state index contributed by atoms with van der Waals surface area (Å²) in [5.41, 5.74) is 0. The van der Waals surface area contributed by atoms with Gasteiger partial charge in [0, 0.05) is 19.3 Å². The highest BCUT2D eigenvalue weighted by molar-refractivity contribution is 5.71. The van der Waals surface area contributed by atoms with E-state index in [2.05, 4.69) is 118 Å². The van der Waals surface area contributed by atoms with Gasteiger partial charge in [-0.1, -0.05) is 298 Å². The summed E-state index contributed by atoms with van der Waals surface area (Å²) in [4.78, 5) is 38.4. The van der Waals surface area contributed by atoms with Gasteiger partial charge in [0.15, 0.2) is 6.10 Å². The van der Waals surface area contributed by atoms with Gasteiger partial charge in [0.05, 0.1) is 0 Å². The maximum absolute atomic E-state index is 12.9. The first-order chi connectivity index (χ1) is 40.0. The fourth-order valence-corrected chi connectivity index (χ4v) is 9.85. The number of hydrogen-bond acceptors (Lipinski definition) is 6. The van der Waals surface area contributed by atoms with Crippen LogP contribution in [0.5, 0.6) is 0 Å². The van der Waals surface area contributed by atoms with E-state index in [1.165, 1.54) is 199 Å². The molecule has 0 heterocycles. The van der Waals surface area contributed by atoms with Crippen molar-refractivity contribution in [3.8, 4) is 0 Å². The largest absolute Gasteiger partial charge is 0.462 e. The van der Waals surface area contributed by atoms with Gasteiger partial charge in [0.1, 0.15) is 13.2 Å². The Bertz CT molecular complexity index is 1580. The molecule has 0 aromatic heterocycles. The average Bonchev–Trinajstić information content (AvgIpc) is 3.47. The lowest BCUT2D eigenvalue weighted by Gasteiger charge is -2.18. The molecule has 0 aliphatic carbocycles. The lowest BCUT2D eigenvalue weighted by atomic mass is 10.1. The summed E-state index contributed by atoms with van der Waals surface area (Å²) in [7, 11) is 0. The molecular weight excluding hydrogens is 997 g/mol. The first kappa shape index (κ1) is 77.3. The van der Waals surface area contributed by atoms with E-state index in [4.69, 9.17) is 14.2 Å². The van der Waals surface area contributed by atoms with Gasteiger partial charge in [-0.15, -0.1) is 0 Å². The smallest absolute Gasteiger partial charge is 0.306 e. The normalized spacial score (nSPS) is 12.7. The van der Waals surface area contributed by atoms with Crippen LogP contribution in [0.4, 0.5) is 0 Å². The predicted octanol–water partition coefficient (Wildman–Crippen LogP) is 24.0. The summed E-state index contributed by atoms with van der Waals surface area (Å²) in [6.45, 7) is 6.55. The van der Waals surface area contributed by atoms with Crippen molar-refractivity contribution in [3.05, 3.63) is 97.2 Å². The van der Waals surface area contributed by atoms with Crippen molar-refractivity contribution < 1.29 is 28.6 Å². The number of esters is 3. The quantitative estimate of drug-likeness (QED) is 0.0261. The number of unbranched alkanes of at least 4 members (excludes halogenated alkanes) is 36. The van der Waals surface area contributed by atoms with Crippen molar-refractivity contribution >= 4 is 17.9 Å². The molecule has 0 saturated heterocycles. The molecule has 0 aliphatic rings. The molecule has 0 amide bonds. The molecule has 1 unspecified atom stereocenters. The number of rotatable bonds is 63. The molecule has 6 heteroatoms. The highest BCUT2D eigenvalue weighted by atomic mass is 16.6. The van der Waals surface area contributed by atoms with Crippen LogP contribution in [0.25, 0.3) is 0 Å². The number of hydrogen-bond donors (Lipinski definition) is 0. The highest BCUT2D eigenvalue weighted by Gasteiger charge is 2.19. The molecule has 0 aromatic rings. The zero-order chi connectivity index (χ0) is 58.5. The van der Waals surface area contributed by atoms with E-state index < -0.39 is 6.10 Å². The summed E-state index contributed by atoms with van der Waals surface area (Å²) < 4.78 is 17.0. The summed E-state index contributed by atoms with van der Waals surface area (Å²) in [6, 6.07) is 0. The summed E-state index contributed by atoms with van der Waals surface area (Å²) in [5, 5.41) is 0. The van der Waals surface area contributed by atoms with Crippen molar-refractivity contribution in [1.82, 2.24) is 0 Å². The number of carbonyl (C=O) groups excluding carboxylic acids is 3. The van der Waals surface area contributed by atoms with Gasteiger partial charge in [-0.2, -0.15) is 0 Å². The molecule has 0 aromatic carbocycles. The van der Waals surface area contributed by atoms with Crippen molar-refractivity contribution in [2.24, 2.45) is 0 Å². The molecule has 0 radical (unpaired) electrons. The van der Waals surface area contributed by atoms with Crippen molar-refractivity contribution in [2.45, 2.75) is 348 Å². The van der Waals surface area contributed by atoms with Crippen molar-refractivity contribution in [2.75, 3.05) is 13.2 Å². The molecule has 0 bridgehead atoms. The number of ether oxygens (including phenoxy) is 3. The van der Waals surface area contributed by atoms with E-state index in [0.717, 1.165) is 103 Å². The Morgan fingerprint density at radius 2 is 0.481 bits per heavy atom. The summed E-state index contributed by atoms with van der Waals surface area (Å²) >= 11 is 0. The monoisotopic (exact) mass is 1130 g/mol. The fourth-order valence-electron chi connectivity index (χ4n) is 9.85. The third-order valence-electron chi connectivity index (χ3n) is 15.0. The van der Waals surface area contributed by atoms with Crippen molar-refractivity contribution in [3.63, 3.8) is 0 Å². The topological polar surface area (TPSA) is 78.9 Å². The molecule has 0 saturated carbocycles. The molecule has 0 aliphatic heterocycles. The standard InChI is InChI=1S/C75H130O6/c1-4-7-10-13-16-19-22-25-28-31-33-34-35-36-37-38-39-40-41-42-43-45-47-50-53-56-59-62-65-68-74(77)80-71-72(70-79-73(76)67-64-61-58-55-52-49-46-30-27-24-21-18-15-12-9-6-3)81-75(78)69-66-63-60-57-54-51-48-44-32-29-26-23-20-17-14-11-8-5-2/h7,10,16,19,25,28-30,32-34,36-37,39-40,46,72H,4-6,8-9,11-15,17-18,20-24,26-27,31,35,38,41-45,47-71H2,1-3H3/b10-7-,19-16-,28-25-,32-29-,34-33-,37-36-,40-39-,46-30-. The Hall–Kier alpha value is -3.67. The molecule has 0 spiro atoms. The maximum atomic E-state index is 12.9. The Kier molecular flexibility index (Phi) is 65.7. The van der Waals surface area contributed by atoms with Gasteiger partial charge >= 0.3 is 17.9 Å². The fraction of sp³-hybridized carbons (Fsp3) is 0.747. The molecule has 1 atom stereocenters. The van der Waals surface area contributed by atoms with E-state index >= 15 is 0 Å². The van der Waals surface area contributed by atoms with Crippen LogP contribution in [-0.4, -0.2) is 37.2 Å². The second-order valence-electron chi connectivity index (χ2n) is 23.1. The Balaban J connectivity index is 4.33. The minimum atomic E-state index is -0.787. The molecule has 0 fully saturated rings. The van der Waals surface area contributed by atoms with E-state index in [9.17, 15) is 14.4 Å². The molecular formula is C75H130O6. The minimum Gasteiger partial charge on any atom is -0.462 e. The Labute approximate surface area is 502 Å². The molecule has 466 valence electrons. The van der Waals surface area contributed by atoms with Crippen LogP contribution in [0.15, 0.2) is 97.2 Å². The van der Waals surface area contributed by atoms with Crippen LogP contribution in [0.2, 0.25) is 0 Å². The van der Waals surface area contributed by atoms with Gasteiger partial charge in [0.25, 0.3) is 0 Å². The van der Waals surface area contributed by atoms with Crippen LogP contribution in [0.3, 0.4) is 0 Å². The van der Waals surface area contributed by atoms with Crippen LogP contribution in [0, 0.1) is 0 Å². The average molecular weight is 1130 g/mol. The first-order valence-electron chi connectivity index (χ1n) is 34.7. The zero-order valence-corrected chi connectivity index (χ0v) is 53.5. The third-order valence-corrected chi connectivity index (χ3v) is 15.0. The summed E-state index contributed by atoms with van der Waals surface area (Å²) in [6.07, 6.45) is 92.8. The van der Waals surface area contributed by atoms with Gasteiger partial charge in [-0.3, -0.25) is 14.4 Å². The predicted molar refractivity (Wildman–Crippen MR) is 353 cm³/mol. The van der Waals surface area contributed by atoms with E-state index in [-0.39, 0.29) is 31.1 Å². The molecule has 81 heavy (non-hydrogen) atoms. The Morgan fingerprint density at radius 3 is 0.765 bits per heavy atom. The Morgan fingerprint density at radius 1 is 0.259 bits per heavy atom. The second kappa shape index (κ2) is 68.8. The van der Waals surface area contributed by atoms with Crippen LogP contribution in [-0.2, 0) is 28.6 Å². The number of carbonyl (C=O) groups is 3. The van der Waals surface area contributed by atoms with Gasteiger partial charge in [-0.25, -0.2) is 0 Å². The molecule has 0 rings (SSSR count). The van der Waals surface area contributed by atoms with E-state index in [1.807, 2.05) is 0 Å². The van der Waals surface area contributed by atoms with Gasteiger partial charge < -0.3 is 14.2 Å². The SMILES string of the molecule is CC/C=C\C/C=C\C/C=C\C/C=C\C/C=C\C/C=C\CCCCCCCCCCCCC(=O)OCC(COC(=O)CCCCCCC/C=C\CCCCCCCCC)OC(=O)CCCCCCCCC/C=C\CCCCCCCCC. The van der Waals surface area contributed by atoms with E-state index in [1.54, 1.807) is 0 Å². The van der Waals surface area contributed by atoms with E-state index in [0.29, 0.717) is 19.3 Å². The number of allylic oxidation sites excluding steroid dienone is 16.